The Hall–Kier alpha value is -1.14. The molecule has 2 amide bonds. The normalized spacial score (nSPS) is 14.0. The maximum Gasteiger partial charge on any atom is 0.222 e. The minimum atomic E-state index is -0.627. The van der Waals surface area contributed by atoms with Crippen LogP contribution in [0.4, 0.5) is 0 Å². The molecule has 106 valence electrons. The van der Waals surface area contributed by atoms with Crippen LogP contribution in [0.15, 0.2) is 0 Å². The van der Waals surface area contributed by atoms with Gasteiger partial charge in [-0.05, 0) is 26.7 Å². The molecule has 0 heterocycles. The van der Waals surface area contributed by atoms with Crippen LogP contribution in [0, 0.1) is 0 Å². The molecule has 0 aromatic rings. The quantitative estimate of drug-likeness (QED) is 0.492. The predicted molar refractivity (Wildman–Crippen MR) is 67.6 cm³/mol. The molecule has 0 bridgehead atoms. The number of primary amides is 1. The van der Waals surface area contributed by atoms with Crippen LogP contribution in [0.25, 0.3) is 0 Å². The first-order chi connectivity index (χ1) is 8.32. The lowest BCUT2D eigenvalue weighted by Crippen LogP contribution is -2.40. The van der Waals surface area contributed by atoms with Gasteiger partial charge >= 0.3 is 0 Å². The van der Waals surface area contributed by atoms with Crippen LogP contribution in [-0.2, 0) is 9.59 Å². The smallest absolute Gasteiger partial charge is 0.222 e. The lowest BCUT2D eigenvalue weighted by atomic mass is 10.1. The van der Waals surface area contributed by atoms with Crippen LogP contribution in [-0.4, -0.2) is 52.2 Å². The molecule has 0 saturated heterocycles. The highest BCUT2D eigenvalue weighted by Crippen LogP contribution is 2.05. The van der Waals surface area contributed by atoms with Crippen molar-refractivity contribution in [3.05, 3.63) is 0 Å². The van der Waals surface area contributed by atoms with Gasteiger partial charge in [-0.3, -0.25) is 9.59 Å². The van der Waals surface area contributed by atoms with Crippen LogP contribution in [0.3, 0.4) is 0 Å². The highest BCUT2D eigenvalue weighted by molar-refractivity contribution is 5.76. The third kappa shape index (κ3) is 8.95. The zero-order valence-corrected chi connectivity index (χ0v) is 11.1. The number of hydrogen-bond donors (Lipinski definition) is 3. The SMILES string of the molecule is CC(O)CN(CC(C)O)C(=O)CCCCC(N)=O. The third-order valence-electron chi connectivity index (χ3n) is 2.39. The summed E-state index contributed by atoms with van der Waals surface area (Å²) in [5.41, 5.74) is 5.00. The molecule has 0 rings (SSSR count). The molecule has 0 aromatic heterocycles. The van der Waals surface area contributed by atoms with E-state index in [0.717, 1.165) is 0 Å². The zero-order chi connectivity index (χ0) is 14.1. The zero-order valence-electron chi connectivity index (χ0n) is 11.1. The molecule has 18 heavy (non-hydrogen) atoms. The molecule has 0 aliphatic heterocycles. The van der Waals surface area contributed by atoms with Crippen LogP contribution < -0.4 is 5.73 Å². The summed E-state index contributed by atoms with van der Waals surface area (Å²) >= 11 is 0. The van der Waals surface area contributed by atoms with Gasteiger partial charge in [0.25, 0.3) is 0 Å². The van der Waals surface area contributed by atoms with Gasteiger partial charge in [-0.2, -0.15) is 0 Å². The molecule has 0 radical (unpaired) electrons. The van der Waals surface area contributed by atoms with Crippen molar-refractivity contribution in [2.75, 3.05) is 13.1 Å². The highest BCUT2D eigenvalue weighted by Gasteiger charge is 2.16. The van der Waals surface area contributed by atoms with E-state index in [1.165, 1.54) is 4.90 Å². The molecule has 0 aromatic carbocycles. The Morgan fingerprint density at radius 1 is 1.06 bits per heavy atom. The van der Waals surface area contributed by atoms with Crippen LogP contribution >= 0.6 is 0 Å². The van der Waals surface area contributed by atoms with Crippen molar-refractivity contribution < 1.29 is 19.8 Å². The number of aliphatic hydroxyl groups excluding tert-OH is 2. The van der Waals surface area contributed by atoms with Gasteiger partial charge in [-0.25, -0.2) is 0 Å². The van der Waals surface area contributed by atoms with Gasteiger partial charge < -0.3 is 20.8 Å². The van der Waals surface area contributed by atoms with E-state index >= 15 is 0 Å². The molecular weight excluding hydrogens is 236 g/mol. The lowest BCUT2D eigenvalue weighted by molar-refractivity contribution is -0.134. The minimum absolute atomic E-state index is 0.124. The van der Waals surface area contributed by atoms with Gasteiger partial charge in [0, 0.05) is 25.9 Å². The summed E-state index contributed by atoms with van der Waals surface area (Å²) < 4.78 is 0. The van der Waals surface area contributed by atoms with Crippen molar-refractivity contribution in [1.29, 1.82) is 0 Å². The summed E-state index contributed by atoms with van der Waals surface area (Å²) in [5, 5.41) is 18.6. The molecule has 0 aliphatic rings. The molecule has 2 atom stereocenters. The molecular formula is C12H24N2O4. The fraction of sp³-hybridized carbons (Fsp3) is 0.833. The number of aliphatic hydroxyl groups is 2. The van der Waals surface area contributed by atoms with Gasteiger partial charge in [0.05, 0.1) is 12.2 Å². The number of nitrogens with two attached hydrogens (primary N) is 1. The molecule has 6 heteroatoms. The minimum Gasteiger partial charge on any atom is -0.392 e. The third-order valence-corrected chi connectivity index (χ3v) is 2.39. The second kappa shape index (κ2) is 8.88. The summed E-state index contributed by atoms with van der Waals surface area (Å²) in [6.45, 7) is 3.60. The number of nitrogens with zero attached hydrogens (tertiary/aromatic N) is 1. The van der Waals surface area contributed by atoms with E-state index in [0.29, 0.717) is 19.3 Å². The molecule has 0 saturated carbocycles. The number of carbonyl (C=O) groups excluding carboxylic acids is 2. The van der Waals surface area contributed by atoms with Gasteiger partial charge in [-0.1, -0.05) is 0 Å². The molecule has 2 unspecified atom stereocenters. The molecule has 4 N–H and O–H groups in total. The largest absolute Gasteiger partial charge is 0.392 e. The monoisotopic (exact) mass is 260 g/mol. The Labute approximate surface area is 108 Å². The second-order valence-electron chi connectivity index (χ2n) is 4.67. The van der Waals surface area contributed by atoms with Crippen LogP contribution in [0.2, 0.25) is 0 Å². The summed E-state index contributed by atoms with van der Waals surface area (Å²) in [4.78, 5) is 23.8. The highest BCUT2D eigenvalue weighted by atomic mass is 16.3. The molecule has 0 spiro atoms. The molecule has 6 nitrogen and oxygen atoms in total. The van der Waals surface area contributed by atoms with Gasteiger partial charge in [0.1, 0.15) is 0 Å². The predicted octanol–water partition coefficient (Wildman–Crippen LogP) is -0.378. The number of hydrogen-bond acceptors (Lipinski definition) is 4. The standard InChI is InChI=1S/C12H24N2O4/c1-9(15)7-14(8-10(2)16)12(18)6-4-3-5-11(13)17/h9-10,15-16H,3-8H2,1-2H3,(H2,13,17). The summed E-state index contributed by atoms with van der Waals surface area (Å²) in [6.07, 6.45) is 0.486. The Morgan fingerprint density at radius 3 is 1.89 bits per heavy atom. The summed E-state index contributed by atoms with van der Waals surface area (Å²) in [7, 11) is 0. The number of unbranched alkanes of at least 4 members (excludes halogenated alkanes) is 1. The van der Waals surface area contributed by atoms with Crippen molar-refractivity contribution in [3.63, 3.8) is 0 Å². The van der Waals surface area contributed by atoms with E-state index in [2.05, 4.69) is 0 Å². The van der Waals surface area contributed by atoms with Crippen molar-refractivity contribution in [1.82, 2.24) is 4.90 Å². The number of rotatable bonds is 9. The maximum atomic E-state index is 11.8. The van der Waals surface area contributed by atoms with Crippen LogP contribution in [0.1, 0.15) is 39.5 Å². The Bertz CT molecular complexity index is 257. The Kier molecular flexibility index (Phi) is 8.32. The second-order valence-corrected chi connectivity index (χ2v) is 4.67. The summed E-state index contributed by atoms with van der Waals surface area (Å²) in [6, 6.07) is 0. The number of carbonyl (C=O) groups is 2. The molecule has 0 aliphatic carbocycles. The average Bonchev–Trinajstić information content (AvgIpc) is 2.21. The lowest BCUT2D eigenvalue weighted by Gasteiger charge is -2.25. The fourth-order valence-electron chi connectivity index (χ4n) is 1.65. The number of amides is 2. The first-order valence-corrected chi connectivity index (χ1v) is 6.25. The van der Waals surface area contributed by atoms with E-state index in [-0.39, 0.29) is 31.3 Å². The Balaban J connectivity index is 4.08. The van der Waals surface area contributed by atoms with Crippen LogP contribution in [0.5, 0.6) is 0 Å². The first kappa shape index (κ1) is 16.9. The Morgan fingerprint density at radius 2 is 1.50 bits per heavy atom. The average molecular weight is 260 g/mol. The van der Waals surface area contributed by atoms with E-state index < -0.39 is 12.2 Å². The van der Waals surface area contributed by atoms with Gasteiger partial charge in [0.15, 0.2) is 0 Å². The fourth-order valence-corrected chi connectivity index (χ4v) is 1.65. The maximum absolute atomic E-state index is 11.8. The van der Waals surface area contributed by atoms with Gasteiger partial charge in [0.2, 0.25) is 11.8 Å². The topological polar surface area (TPSA) is 104 Å². The van der Waals surface area contributed by atoms with E-state index in [1.807, 2.05) is 0 Å². The summed E-state index contributed by atoms with van der Waals surface area (Å²) in [5.74, 6) is -0.492. The molecule has 0 fully saturated rings. The van der Waals surface area contributed by atoms with E-state index in [4.69, 9.17) is 5.73 Å². The first-order valence-electron chi connectivity index (χ1n) is 6.25. The van der Waals surface area contributed by atoms with E-state index in [1.54, 1.807) is 13.8 Å². The van der Waals surface area contributed by atoms with Crippen molar-refractivity contribution in [3.8, 4) is 0 Å². The van der Waals surface area contributed by atoms with Crippen molar-refractivity contribution in [2.45, 2.75) is 51.7 Å². The van der Waals surface area contributed by atoms with Crippen molar-refractivity contribution in [2.24, 2.45) is 5.73 Å². The van der Waals surface area contributed by atoms with Gasteiger partial charge in [-0.15, -0.1) is 0 Å². The van der Waals surface area contributed by atoms with Crippen molar-refractivity contribution >= 4 is 11.8 Å². The van der Waals surface area contributed by atoms with E-state index in [9.17, 15) is 19.8 Å².